The Balaban J connectivity index is 1.93. The number of hydrogen-bond acceptors (Lipinski definition) is 3. The van der Waals surface area contributed by atoms with E-state index >= 15 is 0 Å². The van der Waals surface area contributed by atoms with Gasteiger partial charge in [-0.1, -0.05) is 26.2 Å². The van der Waals surface area contributed by atoms with Crippen molar-refractivity contribution in [3.8, 4) is 5.75 Å². The van der Waals surface area contributed by atoms with E-state index in [9.17, 15) is 0 Å². The monoisotopic (exact) mass is 234 g/mol. The number of rotatable bonds is 6. The molecule has 17 heavy (non-hydrogen) atoms. The predicted molar refractivity (Wildman–Crippen MR) is 68.9 cm³/mol. The van der Waals surface area contributed by atoms with Crippen LogP contribution in [-0.4, -0.2) is 11.6 Å². The molecule has 3 nitrogen and oxygen atoms in total. The van der Waals surface area contributed by atoms with Crippen molar-refractivity contribution in [1.29, 1.82) is 0 Å². The van der Waals surface area contributed by atoms with Crippen LogP contribution in [-0.2, 0) is 0 Å². The number of ether oxygens (including phenoxy) is 1. The summed E-state index contributed by atoms with van der Waals surface area (Å²) < 4.78 is 5.57. The number of aromatic nitrogens is 1. The number of nitrogens with zero attached hydrogens (tertiary/aromatic N) is 1. The van der Waals surface area contributed by atoms with Gasteiger partial charge >= 0.3 is 0 Å². The maximum absolute atomic E-state index is 6.21. The van der Waals surface area contributed by atoms with Gasteiger partial charge in [-0.15, -0.1) is 0 Å². The molecule has 1 aromatic heterocycles. The highest BCUT2D eigenvalue weighted by molar-refractivity contribution is 5.25. The van der Waals surface area contributed by atoms with E-state index in [4.69, 9.17) is 10.5 Å². The number of pyridine rings is 1. The highest BCUT2D eigenvalue weighted by atomic mass is 16.5. The van der Waals surface area contributed by atoms with E-state index in [1.165, 1.54) is 19.3 Å². The van der Waals surface area contributed by atoms with Crippen molar-refractivity contribution in [1.82, 2.24) is 4.98 Å². The summed E-state index contributed by atoms with van der Waals surface area (Å²) in [4.78, 5) is 4.20. The average Bonchev–Trinajstić information content (AvgIpc) is 2.31. The Morgan fingerprint density at radius 1 is 1.47 bits per heavy atom. The lowest BCUT2D eigenvalue weighted by atomic mass is 9.80. The Morgan fingerprint density at radius 3 is 2.94 bits per heavy atom. The van der Waals surface area contributed by atoms with Crippen LogP contribution in [0.1, 0.15) is 50.6 Å². The van der Waals surface area contributed by atoms with Gasteiger partial charge in [0.05, 0.1) is 12.8 Å². The van der Waals surface area contributed by atoms with Crippen molar-refractivity contribution in [2.24, 2.45) is 11.7 Å². The Hall–Kier alpha value is -1.09. The van der Waals surface area contributed by atoms with Crippen LogP contribution in [0.25, 0.3) is 0 Å². The molecular formula is C14H22N2O. The van der Waals surface area contributed by atoms with Gasteiger partial charge in [0.15, 0.2) is 0 Å². The second-order valence-electron chi connectivity index (χ2n) is 4.94. The third-order valence-corrected chi connectivity index (χ3v) is 3.45. The smallest absolute Gasteiger partial charge is 0.137 e. The topological polar surface area (TPSA) is 48.1 Å². The normalized spacial score (nSPS) is 17.5. The van der Waals surface area contributed by atoms with Gasteiger partial charge in [0.1, 0.15) is 5.75 Å². The molecule has 1 aliphatic carbocycles. The van der Waals surface area contributed by atoms with E-state index in [1.54, 1.807) is 6.20 Å². The summed E-state index contributed by atoms with van der Waals surface area (Å²) in [5, 5.41) is 0. The first kappa shape index (κ1) is 12.4. The maximum Gasteiger partial charge on any atom is 0.137 e. The summed E-state index contributed by atoms with van der Waals surface area (Å²) in [5.74, 6) is 1.67. The van der Waals surface area contributed by atoms with Gasteiger partial charge in [-0.3, -0.25) is 4.98 Å². The van der Waals surface area contributed by atoms with Crippen molar-refractivity contribution >= 4 is 0 Å². The van der Waals surface area contributed by atoms with Crippen LogP contribution in [0.2, 0.25) is 0 Å². The summed E-state index contributed by atoms with van der Waals surface area (Å²) in [6, 6.07) is 2.14. The molecule has 0 aromatic carbocycles. The van der Waals surface area contributed by atoms with Crippen molar-refractivity contribution in [2.45, 2.75) is 45.1 Å². The summed E-state index contributed by atoms with van der Waals surface area (Å²) >= 11 is 0. The van der Waals surface area contributed by atoms with Crippen molar-refractivity contribution in [3.63, 3.8) is 0 Å². The minimum atomic E-state index is 0.109. The molecule has 0 radical (unpaired) electrons. The minimum Gasteiger partial charge on any atom is -0.492 e. The molecule has 0 amide bonds. The van der Waals surface area contributed by atoms with Crippen molar-refractivity contribution < 1.29 is 4.74 Å². The van der Waals surface area contributed by atoms with E-state index in [1.807, 2.05) is 12.3 Å². The quantitative estimate of drug-likeness (QED) is 0.823. The molecule has 2 rings (SSSR count). The van der Waals surface area contributed by atoms with Crippen LogP contribution < -0.4 is 10.5 Å². The Bertz CT molecular complexity index is 350. The molecule has 1 fully saturated rings. The summed E-state index contributed by atoms with van der Waals surface area (Å²) in [7, 11) is 0. The molecule has 1 aromatic rings. The first-order chi connectivity index (χ1) is 8.29. The fraction of sp³-hybridized carbons (Fsp3) is 0.643. The van der Waals surface area contributed by atoms with Crippen LogP contribution in [0.15, 0.2) is 18.5 Å². The van der Waals surface area contributed by atoms with Gasteiger partial charge in [0.2, 0.25) is 0 Å². The molecule has 2 N–H and O–H groups in total. The van der Waals surface area contributed by atoms with Crippen molar-refractivity contribution in [2.75, 3.05) is 6.61 Å². The van der Waals surface area contributed by atoms with E-state index in [0.29, 0.717) is 0 Å². The van der Waals surface area contributed by atoms with E-state index < -0.39 is 0 Å². The van der Waals surface area contributed by atoms with E-state index in [-0.39, 0.29) is 6.04 Å². The minimum absolute atomic E-state index is 0.109. The Kier molecular flexibility index (Phi) is 4.37. The largest absolute Gasteiger partial charge is 0.492 e. The molecule has 1 saturated carbocycles. The molecule has 1 unspecified atom stereocenters. The second kappa shape index (κ2) is 6.01. The molecule has 1 atom stereocenters. The number of hydrogen-bond donors (Lipinski definition) is 1. The van der Waals surface area contributed by atoms with Gasteiger partial charge in [0, 0.05) is 12.2 Å². The van der Waals surface area contributed by atoms with Crippen LogP contribution in [0.5, 0.6) is 5.75 Å². The standard InChI is InChI=1S/C14H22N2O/c1-2-6-17-13-8-12(9-16-10-13)14(15)7-11-4-3-5-11/h8-11,14H,2-7,15H2,1H3. The van der Waals surface area contributed by atoms with Gasteiger partial charge in [-0.25, -0.2) is 0 Å². The Labute approximate surface area is 103 Å². The first-order valence-corrected chi connectivity index (χ1v) is 6.63. The van der Waals surface area contributed by atoms with Gasteiger partial charge in [0.25, 0.3) is 0 Å². The highest BCUT2D eigenvalue weighted by Crippen LogP contribution is 2.34. The first-order valence-electron chi connectivity index (χ1n) is 6.63. The van der Waals surface area contributed by atoms with Crippen LogP contribution in [0.3, 0.4) is 0 Å². The average molecular weight is 234 g/mol. The molecule has 94 valence electrons. The third-order valence-electron chi connectivity index (χ3n) is 3.45. The maximum atomic E-state index is 6.21. The highest BCUT2D eigenvalue weighted by Gasteiger charge is 2.21. The van der Waals surface area contributed by atoms with Crippen molar-refractivity contribution in [3.05, 3.63) is 24.0 Å². The molecule has 0 aliphatic heterocycles. The predicted octanol–water partition coefficient (Wildman–Crippen LogP) is 3.06. The lowest BCUT2D eigenvalue weighted by molar-refractivity contribution is 0.276. The zero-order chi connectivity index (χ0) is 12.1. The van der Waals surface area contributed by atoms with E-state index in [2.05, 4.69) is 11.9 Å². The van der Waals surface area contributed by atoms with Crippen LogP contribution in [0, 0.1) is 5.92 Å². The van der Waals surface area contributed by atoms with Gasteiger partial charge in [-0.2, -0.15) is 0 Å². The lowest BCUT2D eigenvalue weighted by Crippen LogP contribution is -2.20. The molecule has 1 aliphatic rings. The molecule has 1 heterocycles. The summed E-state index contributed by atoms with van der Waals surface area (Å²) in [5.41, 5.74) is 7.31. The molecule has 3 heteroatoms. The van der Waals surface area contributed by atoms with Crippen LogP contribution in [0.4, 0.5) is 0 Å². The zero-order valence-corrected chi connectivity index (χ0v) is 10.6. The summed E-state index contributed by atoms with van der Waals surface area (Å²) in [6.07, 6.45) is 9.77. The zero-order valence-electron chi connectivity index (χ0n) is 10.6. The third kappa shape index (κ3) is 3.43. The molecule has 0 bridgehead atoms. The SMILES string of the molecule is CCCOc1cncc(C(N)CC2CCC2)c1. The van der Waals surface area contributed by atoms with Gasteiger partial charge in [-0.05, 0) is 30.4 Å². The molecule has 0 saturated heterocycles. The van der Waals surface area contributed by atoms with Crippen LogP contribution >= 0.6 is 0 Å². The number of nitrogens with two attached hydrogens (primary N) is 1. The van der Waals surface area contributed by atoms with Gasteiger partial charge < -0.3 is 10.5 Å². The summed E-state index contributed by atoms with van der Waals surface area (Å²) in [6.45, 7) is 2.84. The molecule has 0 spiro atoms. The molecular weight excluding hydrogens is 212 g/mol. The Morgan fingerprint density at radius 2 is 2.29 bits per heavy atom. The fourth-order valence-electron chi connectivity index (χ4n) is 2.16. The lowest BCUT2D eigenvalue weighted by Gasteiger charge is -2.28. The van der Waals surface area contributed by atoms with E-state index in [0.717, 1.165) is 36.7 Å². The second-order valence-corrected chi connectivity index (χ2v) is 4.94. The fourth-order valence-corrected chi connectivity index (χ4v) is 2.16.